The number of hydrogen-bond donors (Lipinski definition) is 1. The molecule has 0 saturated heterocycles. The van der Waals surface area contributed by atoms with Crippen LogP contribution in [-0.2, 0) is 4.79 Å². The highest BCUT2D eigenvalue weighted by atomic mass is 35.5. The number of anilines is 1. The minimum absolute atomic E-state index is 0.0189. The number of carbonyl (C=O) groups excluding carboxylic acids is 1. The van der Waals surface area contributed by atoms with E-state index in [1.54, 1.807) is 20.8 Å². The Kier molecular flexibility index (Phi) is 4.76. The van der Waals surface area contributed by atoms with E-state index in [0.29, 0.717) is 11.3 Å². The maximum absolute atomic E-state index is 12.0. The number of nitro groups is 1. The summed E-state index contributed by atoms with van der Waals surface area (Å²) in [6.07, 6.45) is 0. The Labute approximate surface area is 121 Å². The standard InChI is InChI=1S/C12H14Cl2N2O3/c1-7-4-10(16(18)19)8(14)5-9(7)15-11(17)12(2,3)6-13/h4-5H,6H2,1-3H3,(H,15,17). The zero-order chi connectivity index (χ0) is 14.8. The fourth-order valence-electron chi connectivity index (χ4n) is 1.29. The predicted octanol–water partition coefficient (Wildman–Crippen LogP) is 3.76. The van der Waals surface area contributed by atoms with Crippen molar-refractivity contribution < 1.29 is 9.72 Å². The average Bonchev–Trinajstić information content (AvgIpc) is 2.32. The first kappa shape index (κ1) is 15.7. The summed E-state index contributed by atoms with van der Waals surface area (Å²) in [5, 5.41) is 13.4. The molecule has 0 aliphatic heterocycles. The van der Waals surface area contributed by atoms with Gasteiger partial charge in [-0.2, -0.15) is 0 Å². The Morgan fingerprint density at radius 1 is 1.47 bits per heavy atom. The lowest BCUT2D eigenvalue weighted by atomic mass is 9.95. The van der Waals surface area contributed by atoms with Gasteiger partial charge in [0, 0.05) is 17.6 Å². The molecule has 0 spiro atoms. The van der Waals surface area contributed by atoms with Crippen LogP contribution in [0.3, 0.4) is 0 Å². The van der Waals surface area contributed by atoms with E-state index in [1.165, 1.54) is 12.1 Å². The van der Waals surface area contributed by atoms with Crippen molar-refractivity contribution >= 4 is 40.5 Å². The van der Waals surface area contributed by atoms with Crippen molar-refractivity contribution in [2.24, 2.45) is 5.41 Å². The summed E-state index contributed by atoms with van der Waals surface area (Å²) in [4.78, 5) is 22.1. The molecule has 1 aromatic carbocycles. The molecule has 0 aliphatic carbocycles. The zero-order valence-corrected chi connectivity index (χ0v) is 12.3. The Morgan fingerprint density at radius 2 is 2.05 bits per heavy atom. The van der Waals surface area contributed by atoms with Crippen molar-refractivity contribution in [3.05, 3.63) is 32.8 Å². The van der Waals surface area contributed by atoms with Crippen LogP contribution in [0.2, 0.25) is 5.02 Å². The van der Waals surface area contributed by atoms with E-state index in [4.69, 9.17) is 23.2 Å². The van der Waals surface area contributed by atoms with Gasteiger partial charge in [-0.3, -0.25) is 14.9 Å². The molecule has 0 atom stereocenters. The van der Waals surface area contributed by atoms with Crippen molar-refractivity contribution in [2.45, 2.75) is 20.8 Å². The summed E-state index contributed by atoms with van der Waals surface area (Å²) in [6.45, 7) is 5.07. The van der Waals surface area contributed by atoms with Gasteiger partial charge in [0.2, 0.25) is 5.91 Å². The van der Waals surface area contributed by atoms with E-state index in [2.05, 4.69) is 5.32 Å². The molecule has 0 fully saturated rings. The van der Waals surface area contributed by atoms with Gasteiger partial charge in [-0.25, -0.2) is 0 Å². The Hall–Kier alpha value is -1.33. The third-order valence-electron chi connectivity index (χ3n) is 2.69. The van der Waals surface area contributed by atoms with Crippen molar-refractivity contribution in [3.63, 3.8) is 0 Å². The normalized spacial score (nSPS) is 11.2. The second-order valence-electron chi connectivity index (χ2n) is 4.85. The number of carbonyl (C=O) groups is 1. The zero-order valence-electron chi connectivity index (χ0n) is 10.8. The van der Waals surface area contributed by atoms with Gasteiger partial charge >= 0.3 is 0 Å². The summed E-state index contributed by atoms with van der Waals surface area (Å²) < 4.78 is 0. The van der Waals surface area contributed by atoms with Gasteiger partial charge in [0.25, 0.3) is 5.69 Å². The van der Waals surface area contributed by atoms with E-state index in [9.17, 15) is 14.9 Å². The summed E-state index contributed by atoms with van der Waals surface area (Å²) in [6, 6.07) is 2.70. The Morgan fingerprint density at radius 3 is 2.53 bits per heavy atom. The largest absolute Gasteiger partial charge is 0.325 e. The van der Waals surface area contributed by atoms with Crippen LogP contribution >= 0.6 is 23.2 Å². The quantitative estimate of drug-likeness (QED) is 0.523. The number of rotatable bonds is 4. The van der Waals surface area contributed by atoms with Crippen LogP contribution in [-0.4, -0.2) is 16.7 Å². The number of alkyl halides is 1. The SMILES string of the molecule is Cc1cc([N+](=O)[O-])c(Cl)cc1NC(=O)C(C)(C)CCl. The molecule has 0 radical (unpaired) electrons. The number of benzene rings is 1. The number of amides is 1. The highest BCUT2D eigenvalue weighted by Gasteiger charge is 2.27. The Balaban J connectivity index is 3.08. The minimum atomic E-state index is -0.734. The molecule has 0 bridgehead atoms. The van der Waals surface area contributed by atoms with E-state index in [-0.39, 0.29) is 22.5 Å². The van der Waals surface area contributed by atoms with Crippen LogP contribution in [0.25, 0.3) is 0 Å². The van der Waals surface area contributed by atoms with E-state index >= 15 is 0 Å². The number of nitrogens with one attached hydrogen (secondary N) is 1. The molecule has 0 aliphatic rings. The van der Waals surface area contributed by atoms with E-state index in [1.807, 2.05) is 0 Å². The van der Waals surface area contributed by atoms with Crippen molar-refractivity contribution in [1.82, 2.24) is 0 Å². The Bertz CT molecular complexity index is 530. The molecule has 19 heavy (non-hydrogen) atoms. The van der Waals surface area contributed by atoms with Crippen LogP contribution in [0.4, 0.5) is 11.4 Å². The third kappa shape index (κ3) is 3.58. The van der Waals surface area contributed by atoms with Gasteiger partial charge in [-0.05, 0) is 32.4 Å². The van der Waals surface area contributed by atoms with Crippen LogP contribution < -0.4 is 5.32 Å². The summed E-state index contributed by atoms with van der Waals surface area (Å²) >= 11 is 11.5. The summed E-state index contributed by atoms with van der Waals surface area (Å²) in [5.41, 5.74) is 0.0878. The fraction of sp³-hybridized carbons (Fsp3) is 0.417. The number of aryl methyl sites for hydroxylation is 1. The van der Waals surface area contributed by atoms with Crippen LogP contribution in [0.15, 0.2) is 12.1 Å². The monoisotopic (exact) mass is 304 g/mol. The van der Waals surface area contributed by atoms with Gasteiger partial charge in [0.1, 0.15) is 5.02 Å². The second-order valence-corrected chi connectivity index (χ2v) is 5.52. The highest BCUT2D eigenvalue weighted by Crippen LogP contribution is 2.31. The maximum atomic E-state index is 12.0. The number of nitrogens with zero attached hydrogens (tertiary/aromatic N) is 1. The van der Waals surface area contributed by atoms with Crippen molar-refractivity contribution in [1.29, 1.82) is 0 Å². The molecule has 1 N–H and O–H groups in total. The molecular weight excluding hydrogens is 291 g/mol. The van der Waals surface area contributed by atoms with Gasteiger partial charge < -0.3 is 5.32 Å². The van der Waals surface area contributed by atoms with Crippen LogP contribution in [0.1, 0.15) is 19.4 Å². The smallest absolute Gasteiger partial charge is 0.288 e. The van der Waals surface area contributed by atoms with Crippen molar-refractivity contribution in [3.8, 4) is 0 Å². The molecule has 0 heterocycles. The molecule has 7 heteroatoms. The molecule has 5 nitrogen and oxygen atoms in total. The van der Waals surface area contributed by atoms with Crippen molar-refractivity contribution in [2.75, 3.05) is 11.2 Å². The van der Waals surface area contributed by atoms with E-state index < -0.39 is 10.3 Å². The summed E-state index contributed by atoms with van der Waals surface area (Å²) in [5.74, 6) is -0.103. The molecule has 0 saturated carbocycles. The van der Waals surface area contributed by atoms with Crippen LogP contribution in [0, 0.1) is 22.5 Å². The van der Waals surface area contributed by atoms with Gasteiger partial charge in [-0.15, -0.1) is 11.6 Å². The molecule has 1 rings (SSSR count). The predicted molar refractivity (Wildman–Crippen MR) is 76.0 cm³/mol. The first-order valence-corrected chi connectivity index (χ1v) is 6.42. The first-order chi connectivity index (χ1) is 8.69. The lowest BCUT2D eigenvalue weighted by Gasteiger charge is -2.21. The lowest BCUT2D eigenvalue weighted by molar-refractivity contribution is -0.384. The maximum Gasteiger partial charge on any atom is 0.288 e. The average molecular weight is 305 g/mol. The number of halogens is 2. The molecule has 0 aromatic heterocycles. The third-order valence-corrected chi connectivity index (χ3v) is 3.66. The topological polar surface area (TPSA) is 72.2 Å². The van der Waals surface area contributed by atoms with Gasteiger partial charge in [-0.1, -0.05) is 11.6 Å². The van der Waals surface area contributed by atoms with Gasteiger partial charge in [0.15, 0.2) is 0 Å². The molecule has 1 aromatic rings. The number of hydrogen-bond acceptors (Lipinski definition) is 3. The molecular formula is C12H14Cl2N2O3. The molecule has 1 amide bonds. The fourth-order valence-corrected chi connectivity index (χ4v) is 1.65. The molecule has 0 unspecified atom stereocenters. The second kappa shape index (κ2) is 5.75. The van der Waals surface area contributed by atoms with Gasteiger partial charge in [0.05, 0.1) is 10.3 Å². The number of nitro benzene ring substituents is 1. The molecule has 104 valence electrons. The first-order valence-electron chi connectivity index (χ1n) is 5.51. The summed E-state index contributed by atoms with van der Waals surface area (Å²) in [7, 11) is 0. The minimum Gasteiger partial charge on any atom is -0.325 e. The lowest BCUT2D eigenvalue weighted by Crippen LogP contribution is -2.32. The highest BCUT2D eigenvalue weighted by molar-refractivity contribution is 6.33. The van der Waals surface area contributed by atoms with E-state index in [0.717, 1.165) is 0 Å². The van der Waals surface area contributed by atoms with Crippen LogP contribution in [0.5, 0.6) is 0 Å².